The van der Waals surface area contributed by atoms with Gasteiger partial charge in [-0.3, -0.25) is 4.79 Å². The van der Waals surface area contributed by atoms with Gasteiger partial charge in [0.1, 0.15) is 5.75 Å². The normalized spacial score (nSPS) is 14.5. The maximum atomic E-state index is 12.9. The molecule has 33 heavy (non-hydrogen) atoms. The highest BCUT2D eigenvalue weighted by atomic mass is 32.2. The Labute approximate surface area is 201 Å². The standard InChI is InChI=1S/C27H33N3O2S/c1-4-28-17-19-29(20-18-28)27(31)16-10-23-9-15-26(21-5-11-24(32-2)12-6-21)30(23)22-7-13-25(33-3)14-8-22/h5-9,11-15H,4,10,16-20H2,1-3H3. The summed E-state index contributed by atoms with van der Waals surface area (Å²) < 4.78 is 7.62. The number of aryl methyl sites for hydroxylation is 1. The molecule has 6 heteroatoms. The van der Waals surface area contributed by atoms with E-state index >= 15 is 0 Å². The zero-order valence-electron chi connectivity index (χ0n) is 19.8. The highest BCUT2D eigenvalue weighted by Crippen LogP contribution is 2.30. The van der Waals surface area contributed by atoms with E-state index in [4.69, 9.17) is 4.74 Å². The van der Waals surface area contributed by atoms with Crippen molar-refractivity contribution in [3.05, 3.63) is 66.4 Å². The Morgan fingerprint density at radius 3 is 2.24 bits per heavy atom. The maximum absolute atomic E-state index is 12.9. The molecule has 5 nitrogen and oxygen atoms in total. The van der Waals surface area contributed by atoms with E-state index in [1.165, 1.54) is 4.90 Å². The number of benzene rings is 2. The molecule has 1 saturated heterocycles. The lowest BCUT2D eigenvalue weighted by Gasteiger charge is -2.34. The summed E-state index contributed by atoms with van der Waals surface area (Å²) >= 11 is 1.74. The monoisotopic (exact) mass is 463 g/mol. The van der Waals surface area contributed by atoms with E-state index in [9.17, 15) is 4.79 Å². The average molecular weight is 464 g/mol. The first-order valence-corrected chi connectivity index (χ1v) is 12.8. The van der Waals surface area contributed by atoms with E-state index in [1.807, 2.05) is 17.0 Å². The minimum Gasteiger partial charge on any atom is -0.497 e. The van der Waals surface area contributed by atoms with Crippen LogP contribution in [0.2, 0.25) is 0 Å². The molecule has 4 rings (SSSR count). The topological polar surface area (TPSA) is 37.7 Å². The minimum atomic E-state index is 0.252. The number of amides is 1. The number of ether oxygens (including phenoxy) is 1. The lowest BCUT2D eigenvalue weighted by atomic mass is 10.1. The minimum absolute atomic E-state index is 0.252. The fourth-order valence-corrected chi connectivity index (χ4v) is 4.81. The van der Waals surface area contributed by atoms with Crippen LogP contribution < -0.4 is 4.74 Å². The molecule has 0 spiro atoms. The lowest BCUT2D eigenvalue weighted by Crippen LogP contribution is -2.48. The summed E-state index contributed by atoms with van der Waals surface area (Å²) in [7, 11) is 1.68. The first-order chi connectivity index (χ1) is 16.1. The van der Waals surface area contributed by atoms with Crippen molar-refractivity contribution in [1.29, 1.82) is 0 Å². The second-order valence-electron chi connectivity index (χ2n) is 8.29. The van der Waals surface area contributed by atoms with Gasteiger partial charge in [-0.1, -0.05) is 6.92 Å². The SMILES string of the molecule is CCN1CCN(C(=O)CCc2ccc(-c3ccc(OC)cc3)n2-c2ccc(SC)cc2)CC1. The summed E-state index contributed by atoms with van der Waals surface area (Å²) in [6.07, 6.45) is 3.33. The number of aromatic nitrogens is 1. The second kappa shape index (κ2) is 10.9. The number of nitrogens with zero attached hydrogens (tertiary/aromatic N) is 3. The fraction of sp³-hybridized carbons (Fsp3) is 0.370. The Morgan fingerprint density at radius 1 is 0.939 bits per heavy atom. The second-order valence-corrected chi connectivity index (χ2v) is 9.17. The maximum Gasteiger partial charge on any atom is 0.223 e. The number of likely N-dealkylation sites (N-methyl/N-ethyl adjacent to an activating group) is 1. The van der Waals surface area contributed by atoms with Crippen LogP contribution in [0.5, 0.6) is 5.75 Å². The van der Waals surface area contributed by atoms with Crippen LogP contribution in [0.1, 0.15) is 19.0 Å². The summed E-state index contributed by atoms with van der Waals surface area (Å²) in [6, 6.07) is 21.1. The molecule has 174 valence electrons. The zero-order chi connectivity index (χ0) is 23.2. The molecule has 0 N–H and O–H groups in total. The largest absolute Gasteiger partial charge is 0.497 e. The molecule has 0 unspecified atom stereocenters. The summed E-state index contributed by atoms with van der Waals surface area (Å²) in [5.74, 6) is 1.09. The molecule has 1 amide bonds. The van der Waals surface area contributed by atoms with Crippen molar-refractivity contribution in [3.8, 4) is 22.7 Å². The molecule has 1 aliphatic heterocycles. The van der Waals surface area contributed by atoms with Gasteiger partial charge in [0.25, 0.3) is 0 Å². The smallest absolute Gasteiger partial charge is 0.223 e. The van der Waals surface area contributed by atoms with Gasteiger partial charge < -0.3 is 19.1 Å². The Balaban J connectivity index is 1.57. The number of carbonyl (C=O) groups is 1. The third kappa shape index (κ3) is 5.45. The molecule has 0 aliphatic carbocycles. The molecule has 2 heterocycles. The summed E-state index contributed by atoms with van der Waals surface area (Å²) in [5.41, 5.74) is 4.51. The molecule has 0 atom stereocenters. The summed E-state index contributed by atoms with van der Waals surface area (Å²) in [5, 5.41) is 0. The number of piperazine rings is 1. The van der Waals surface area contributed by atoms with Crippen molar-refractivity contribution in [2.24, 2.45) is 0 Å². The van der Waals surface area contributed by atoms with Crippen LogP contribution in [-0.2, 0) is 11.2 Å². The Hall–Kier alpha value is -2.70. The van der Waals surface area contributed by atoms with Gasteiger partial charge in [0.05, 0.1) is 12.8 Å². The van der Waals surface area contributed by atoms with Gasteiger partial charge in [-0.2, -0.15) is 0 Å². The van der Waals surface area contributed by atoms with E-state index in [1.54, 1.807) is 18.9 Å². The van der Waals surface area contributed by atoms with E-state index in [-0.39, 0.29) is 5.91 Å². The molecular weight excluding hydrogens is 430 g/mol. The predicted octanol–water partition coefficient (Wildman–Crippen LogP) is 4.97. The zero-order valence-corrected chi connectivity index (χ0v) is 20.6. The average Bonchev–Trinajstić information content (AvgIpc) is 3.31. The lowest BCUT2D eigenvalue weighted by molar-refractivity contribution is -0.132. The molecule has 1 aliphatic rings. The summed E-state index contributed by atoms with van der Waals surface area (Å²) in [4.78, 5) is 18.6. The van der Waals surface area contributed by atoms with Gasteiger partial charge >= 0.3 is 0 Å². The van der Waals surface area contributed by atoms with Crippen LogP contribution >= 0.6 is 11.8 Å². The van der Waals surface area contributed by atoms with Gasteiger partial charge in [-0.15, -0.1) is 11.8 Å². The van der Waals surface area contributed by atoms with Gasteiger partial charge in [-0.25, -0.2) is 0 Å². The van der Waals surface area contributed by atoms with Crippen molar-refractivity contribution in [1.82, 2.24) is 14.4 Å². The fourth-order valence-electron chi connectivity index (χ4n) is 4.40. The van der Waals surface area contributed by atoms with Gasteiger partial charge in [0, 0.05) is 48.9 Å². The Morgan fingerprint density at radius 2 is 1.64 bits per heavy atom. The molecule has 0 radical (unpaired) electrons. The van der Waals surface area contributed by atoms with Crippen LogP contribution in [0.25, 0.3) is 16.9 Å². The predicted molar refractivity (Wildman–Crippen MR) is 137 cm³/mol. The number of hydrogen-bond acceptors (Lipinski definition) is 4. The van der Waals surface area contributed by atoms with E-state index in [2.05, 4.69) is 71.2 Å². The highest BCUT2D eigenvalue weighted by molar-refractivity contribution is 7.98. The Kier molecular flexibility index (Phi) is 7.78. The molecule has 2 aromatic carbocycles. The number of thioether (sulfide) groups is 1. The van der Waals surface area contributed by atoms with E-state index in [0.717, 1.165) is 61.1 Å². The van der Waals surface area contributed by atoms with E-state index < -0.39 is 0 Å². The van der Waals surface area contributed by atoms with Crippen molar-refractivity contribution in [2.45, 2.75) is 24.7 Å². The highest BCUT2D eigenvalue weighted by Gasteiger charge is 2.21. The number of hydrogen-bond donors (Lipinski definition) is 0. The number of rotatable bonds is 8. The van der Waals surface area contributed by atoms with Crippen LogP contribution in [0.15, 0.2) is 65.6 Å². The van der Waals surface area contributed by atoms with Crippen LogP contribution in [0, 0.1) is 0 Å². The van der Waals surface area contributed by atoms with Crippen molar-refractivity contribution in [2.75, 3.05) is 46.1 Å². The van der Waals surface area contributed by atoms with Crippen molar-refractivity contribution in [3.63, 3.8) is 0 Å². The molecule has 1 fully saturated rings. The summed E-state index contributed by atoms with van der Waals surface area (Å²) in [6.45, 7) is 6.85. The molecule has 0 saturated carbocycles. The first kappa shape index (κ1) is 23.5. The van der Waals surface area contributed by atoms with Crippen LogP contribution in [0.3, 0.4) is 0 Å². The number of methoxy groups -OCH3 is 1. The first-order valence-electron chi connectivity index (χ1n) is 11.6. The van der Waals surface area contributed by atoms with Crippen molar-refractivity contribution >= 4 is 17.7 Å². The molecule has 1 aromatic heterocycles. The van der Waals surface area contributed by atoms with Crippen LogP contribution in [-0.4, -0.2) is 66.4 Å². The van der Waals surface area contributed by atoms with Crippen molar-refractivity contribution < 1.29 is 9.53 Å². The third-order valence-corrected chi connectivity index (χ3v) is 7.19. The quantitative estimate of drug-likeness (QED) is 0.442. The Bertz CT molecular complexity index is 1050. The third-order valence-electron chi connectivity index (χ3n) is 6.45. The van der Waals surface area contributed by atoms with Gasteiger partial charge in [0.15, 0.2) is 0 Å². The van der Waals surface area contributed by atoms with Gasteiger partial charge in [-0.05, 0) is 85.4 Å². The van der Waals surface area contributed by atoms with E-state index in [0.29, 0.717) is 12.8 Å². The number of carbonyl (C=O) groups excluding carboxylic acids is 1. The molecule has 0 bridgehead atoms. The molecule has 3 aromatic rings. The van der Waals surface area contributed by atoms with Gasteiger partial charge in [0.2, 0.25) is 5.91 Å². The molecular formula is C27H33N3O2S. The van der Waals surface area contributed by atoms with Crippen LogP contribution in [0.4, 0.5) is 0 Å².